The Hall–Kier alpha value is -4.26. The maximum atomic E-state index is 14.5. The fraction of sp³-hybridized carbons (Fsp3) is 0.379. The Labute approximate surface area is 224 Å². The lowest BCUT2D eigenvalue weighted by Gasteiger charge is -2.33. The van der Waals surface area contributed by atoms with Crippen LogP contribution in [0.1, 0.15) is 48.3 Å². The summed E-state index contributed by atoms with van der Waals surface area (Å²) in [4.78, 5) is 46.4. The third-order valence-corrected chi connectivity index (χ3v) is 7.96. The van der Waals surface area contributed by atoms with Crippen LogP contribution in [0.15, 0.2) is 36.4 Å². The number of para-hydroxylation sites is 1. The van der Waals surface area contributed by atoms with Crippen LogP contribution in [0.5, 0.6) is 0 Å². The summed E-state index contributed by atoms with van der Waals surface area (Å²) in [5.41, 5.74) is 0.871. The topological polar surface area (TPSA) is 109 Å². The Bertz CT molecular complexity index is 1560. The average molecular weight is 534 g/mol. The van der Waals surface area contributed by atoms with Crippen LogP contribution >= 0.6 is 0 Å². The van der Waals surface area contributed by atoms with Crippen molar-refractivity contribution in [2.75, 3.05) is 18.9 Å². The average Bonchev–Trinajstić information content (AvgIpc) is 3.53. The number of likely N-dealkylation sites (tertiary alicyclic amines) is 1. The summed E-state index contributed by atoms with van der Waals surface area (Å²) in [6.45, 7) is 5.41. The molecule has 1 unspecified atom stereocenters. The van der Waals surface area contributed by atoms with Gasteiger partial charge in [0.1, 0.15) is 29.4 Å². The normalized spacial score (nSPS) is 20.8. The van der Waals surface area contributed by atoms with Gasteiger partial charge < -0.3 is 20.1 Å². The zero-order valence-corrected chi connectivity index (χ0v) is 22.1. The Balaban J connectivity index is 1.49. The van der Waals surface area contributed by atoms with Crippen molar-refractivity contribution in [2.45, 2.75) is 51.1 Å². The number of carbonyl (C=O) groups is 3. The monoisotopic (exact) mass is 533 g/mol. The quantitative estimate of drug-likeness (QED) is 0.511. The maximum Gasteiger partial charge on any atom is 0.271 e. The molecule has 0 saturated carbocycles. The zero-order valence-electron chi connectivity index (χ0n) is 22.1. The fourth-order valence-electron chi connectivity index (χ4n) is 5.99. The molecule has 1 spiro atoms. The molecule has 0 bridgehead atoms. The first kappa shape index (κ1) is 26.4. The van der Waals surface area contributed by atoms with Crippen LogP contribution in [0.2, 0.25) is 0 Å². The van der Waals surface area contributed by atoms with Gasteiger partial charge in [-0.15, -0.1) is 0 Å². The summed E-state index contributed by atoms with van der Waals surface area (Å²) >= 11 is 0. The number of nitriles is 1. The first-order valence-corrected chi connectivity index (χ1v) is 12.8. The predicted molar refractivity (Wildman–Crippen MR) is 141 cm³/mol. The number of nitrogens with one attached hydrogen (secondary N) is 2. The number of aromatic amines is 1. The molecule has 1 saturated heterocycles. The van der Waals surface area contributed by atoms with Crippen molar-refractivity contribution in [2.24, 2.45) is 5.92 Å². The van der Waals surface area contributed by atoms with E-state index in [0.717, 1.165) is 17.7 Å². The Morgan fingerprint density at radius 2 is 1.97 bits per heavy atom. The number of fused-ring (bicyclic) bond motifs is 3. The van der Waals surface area contributed by atoms with Gasteiger partial charge in [-0.05, 0) is 42.5 Å². The fourth-order valence-corrected chi connectivity index (χ4v) is 5.99. The van der Waals surface area contributed by atoms with E-state index < -0.39 is 40.9 Å². The van der Waals surface area contributed by atoms with E-state index in [2.05, 4.69) is 16.4 Å². The lowest BCUT2D eigenvalue weighted by molar-refractivity contribution is -0.136. The van der Waals surface area contributed by atoms with Gasteiger partial charge in [0.2, 0.25) is 11.8 Å². The van der Waals surface area contributed by atoms with E-state index in [-0.39, 0.29) is 41.4 Å². The number of amides is 3. The minimum atomic E-state index is -1.05. The number of carbonyl (C=O) groups excluding carboxylic acids is 3. The molecular formula is C29H29F2N5O3. The lowest BCUT2D eigenvalue weighted by atomic mass is 9.80. The standard InChI is InChI=1S/C29H29F2N5O3/c1-15(2)9-23(35(4)27(38)25-16(3)24-20(31)10-17(30)11-22(24)33-25)26(37)36-14-29(12-18(36)13-32)19-7-5-6-8-21(19)34-28(29)39/h5-8,10-11,15,18,23,33H,9,12,14H2,1-4H3,(H,34,39)/t18-,23?,29-/m0/s1. The maximum absolute atomic E-state index is 14.5. The summed E-state index contributed by atoms with van der Waals surface area (Å²) in [6.07, 6.45) is 0.448. The van der Waals surface area contributed by atoms with Gasteiger partial charge in [-0.2, -0.15) is 5.26 Å². The van der Waals surface area contributed by atoms with Crippen LogP contribution in [-0.4, -0.2) is 58.2 Å². The number of aryl methyl sites for hydroxylation is 1. The molecule has 0 aliphatic carbocycles. The second-order valence-corrected chi connectivity index (χ2v) is 10.9. The minimum Gasteiger partial charge on any atom is -0.350 e. The molecule has 10 heteroatoms. The van der Waals surface area contributed by atoms with Crippen LogP contribution in [0.3, 0.4) is 0 Å². The number of hydrogen-bond acceptors (Lipinski definition) is 4. The van der Waals surface area contributed by atoms with Gasteiger partial charge in [-0.1, -0.05) is 32.0 Å². The molecule has 2 aliphatic heterocycles. The highest BCUT2D eigenvalue weighted by Gasteiger charge is 2.56. The van der Waals surface area contributed by atoms with E-state index in [9.17, 15) is 28.4 Å². The van der Waals surface area contributed by atoms with E-state index in [0.29, 0.717) is 17.7 Å². The van der Waals surface area contributed by atoms with E-state index >= 15 is 0 Å². The number of aromatic nitrogens is 1. The number of H-pyrrole nitrogens is 1. The lowest BCUT2D eigenvalue weighted by Crippen LogP contribution is -2.52. The molecule has 8 nitrogen and oxygen atoms in total. The number of halogens is 2. The number of anilines is 1. The van der Waals surface area contributed by atoms with Gasteiger partial charge >= 0.3 is 0 Å². The van der Waals surface area contributed by atoms with Gasteiger partial charge in [0.15, 0.2) is 0 Å². The third-order valence-electron chi connectivity index (χ3n) is 7.96. The third kappa shape index (κ3) is 4.13. The molecule has 2 N–H and O–H groups in total. The number of rotatable bonds is 5. The highest BCUT2D eigenvalue weighted by molar-refractivity contribution is 6.08. The molecule has 3 aromatic rings. The van der Waals surface area contributed by atoms with E-state index in [1.165, 1.54) is 16.8 Å². The zero-order chi connectivity index (χ0) is 28.2. The Morgan fingerprint density at radius 3 is 2.67 bits per heavy atom. The molecule has 2 aliphatic rings. The summed E-state index contributed by atoms with van der Waals surface area (Å²) in [5, 5.41) is 13.0. The molecule has 3 heterocycles. The molecule has 2 aromatic carbocycles. The van der Waals surface area contributed by atoms with Crippen molar-refractivity contribution >= 4 is 34.3 Å². The number of hydrogen-bond donors (Lipinski definition) is 2. The van der Waals surface area contributed by atoms with E-state index in [1.807, 2.05) is 32.0 Å². The van der Waals surface area contributed by atoms with E-state index in [4.69, 9.17) is 0 Å². The first-order chi connectivity index (χ1) is 18.5. The van der Waals surface area contributed by atoms with Crippen LogP contribution in [0.4, 0.5) is 14.5 Å². The Kier molecular flexibility index (Phi) is 6.41. The van der Waals surface area contributed by atoms with Crippen LogP contribution < -0.4 is 5.32 Å². The molecule has 0 radical (unpaired) electrons. The van der Waals surface area contributed by atoms with Crippen molar-refractivity contribution in [1.29, 1.82) is 5.26 Å². The van der Waals surface area contributed by atoms with Gasteiger partial charge in [-0.25, -0.2) is 8.78 Å². The number of nitrogens with zero attached hydrogens (tertiary/aromatic N) is 3. The molecule has 1 fully saturated rings. The van der Waals surface area contributed by atoms with Gasteiger partial charge in [-0.3, -0.25) is 14.4 Å². The molecule has 3 atom stereocenters. The summed E-state index contributed by atoms with van der Waals surface area (Å²) in [6, 6.07) is 9.49. The van der Waals surface area contributed by atoms with E-state index in [1.54, 1.807) is 13.0 Å². The second kappa shape index (κ2) is 9.49. The Morgan fingerprint density at radius 1 is 1.26 bits per heavy atom. The van der Waals surface area contributed by atoms with Gasteiger partial charge in [0.25, 0.3) is 5.91 Å². The van der Waals surface area contributed by atoms with Crippen molar-refractivity contribution < 1.29 is 23.2 Å². The smallest absolute Gasteiger partial charge is 0.271 e. The highest BCUT2D eigenvalue weighted by atomic mass is 19.1. The summed E-state index contributed by atoms with van der Waals surface area (Å²) in [7, 11) is 1.49. The number of benzene rings is 2. The molecule has 1 aromatic heterocycles. The first-order valence-electron chi connectivity index (χ1n) is 12.8. The van der Waals surface area contributed by atoms with Crippen molar-refractivity contribution in [1.82, 2.24) is 14.8 Å². The van der Waals surface area contributed by atoms with Crippen molar-refractivity contribution in [3.8, 4) is 6.07 Å². The van der Waals surface area contributed by atoms with Crippen LogP contribution in [-0.2, 0) is 15.0 Å². The van der Waals surface area contributed by atoms with Crippen molar-refractivity contribution in [3.63, 3.8) is 0 Å². The molecule has 202 valence electrons. The molecule has 39 heavy (non-hydrogen) atoms. The molecular weight excluding hydrogens is 504 g/mol. The second-order valence-electron chi connectivity index (χ2n) is 10.9. The highest BCUT2D eigenvalue weighted by Crippen LogP contribution is 2.46. The molecule has 3 amide bonds. The largest absolute Gasteiger partial charge is 0.350 e. The minimum absolute atomic E-state index is 0.0113. The summed E-state index contributed by atoms with van der Waals surface area (Å²) in [5.74, 6) is -2.81. The SMILES string of the molecule is Cc1c(C(=O)N(C)C(CC(C)C)C(=O)N2C[C@]3(C[C@H]2C#N)C(=O)Nc2ccccc23)[nH]c2cc(F)cc(F)c12. The van der Waals surface area contributed by atoms with Crippen LogP contribution in [0.25, 0.3) is 10.9 Å². The summed E-state index contributed by atoms with van der Waals surface area (Å²) < 4.78 is 28.3. The van der Waals surface area contributed by atoms with Gasteiger partial charge in [0, 0.05) is 37.2 Å². The predicted octanol–water partition coefficient (Wildman–Crippen LogP) is 4.26. The van der Waals surface area contributed by atoms with Crippen LogP contribution in [0, 0.1) is 35.8 Å². The number of likely N-dealkylation sites (N-methyl/N-ethyl adjacent to an activating group) is 1. The molecule has 5 rings (SSSR count). The van der Waals surface area contributed by atoms with Crippen molar-refractivity contribution in [3.05, 3.63) is 64.9 Å². The van der Waals surface area contributed by atoms with Gasteiger partial charge in [0.05, 0.1) is 17.0 Å².